The summed E-state index contributed by atoms with van der Waals surface area (Å²) in [7, 11) is 0. The number of aliphatic hydroxyl groups excluding tert-OH is 1. The Labute approximate surface area is 124 Å². The van der Waals surface area contributed by atoms with Crippen molar-refractivity contribution in [3.63, 3.8) is 0 Å². The van der Waals surface area contributed by atoms with Crippen molar-refractivity contribution in [1.82, 2.24) is 4.98 Å². The number of pyridine rings is 1. The third-order valence-electron chi connectivity index (χ3n) is 3.17. The van der Waals surface area contributed by atoms with Gasteiger partial charge in [0.25, 0.3) is 0 Å². The van der Waals surface area contributed by atoms with Crippen molar-refractivity contribution < 1.29 is 14.6 Å². The van der Waals surface area contributed by atoms with Gasteiger partial charge in [0, 0.05) is 12.6 Å². The number of fused-ring (bicyclic) bond motifs is 1. The van der Waals surface area contributed by atoms with Crippen LogP contribution in [-0.2, 0) is 6.42 Å². The maximum Gasteiger partial charge on any atom is 0.231 e. The molecule has 1 unspecified atom stereocenters. The Balaban J connectivity index is 1.86. The van der Waals surface area contributed by atoms with E-state index >= 15 is 0 Å². The predicted molar refractivity (Wildman–Crippen MR) is 77.6 cm³/mol. The summed E-state index contributed by atoms with van der Waals surface area (Å²) in [4.78, 5) is 4.01. The normalized spacial score (nSPS) is 14.3. The van der Waals surface area contributed by atoms with Crippen molar-refractivity contribution >= 4 is 21.7 Å². The van der Waals surface area contributed by atoms with Crippen molar-refractivity contribution in [3.8, 4) is 11.5 Å². The Bertz CT molecular complexity index is 648. The summed E-state index contributed by atoms with van der Waals surface area (Å²) in [6, 6.07) is 7.26. The van der Waals surface area contributed by atoms with Crippen LogP contribution < -0.4 is 15.2 Å². The van der Waals surface area contributed by atoms with Crippen LogP contribution in [0.3, 0.4) is 0 Å². The third kappa shape index (κ3) is 2.44. The number of aromatic nitrogens is 1. The predicted octanol–water partition coefficient (Wildman–Crippen LogP) is 2.43. The van der Waals surface area contributed by atoms with Crippen molar-refractivity contribution in [2.45, 2.75) is 12.5 Å². The van der Waals surface area contributed by atoms with Crippen LogP contribution in [0.5, 0.6) is 11.5 Å². The van der Waals surface area contributed by atoms with Crippen LogP contribution in [-0.4, -0.2) is 16.9 Å². The zero-order valence-electron chi connectivity index (χ0n) is 10.5. The first kappa shape index (κ1) is 13.2. The number of rotatable bonds is 3. The fourth-order valence-corrected chi connectivity index (χ4v) is 2.70. The van der Waals surface area contributed by atoms with Gasteiger partial charge in [-0.1, -0.05) is 6.07 Å². The molecule has 0 bridgehead atoms. The molecule has 1 atom stereocenters. The highest BCUT2D eigenvalue weighted by Crippen LogP contribution is 2.41. The minimum Gasteiger partial charge on any atom is -0.454 e. The summed E-state index contributed by atoms with van der Waals surface area (Å²) in [6.45, 7) is 0.197. The van der Waals surface area contributed by atoms with Gasteiger partial charge in [-0.3, -0.25) is 0 Å². The number of nitrogen functional groups attached to an aromatic ring is 1. The first-order chi connectivity index (χ1) is 9.65. The van der Waals surface area contributed by atoms with Crippen molar-refractivity contribution in [2.75, 3.05) is 12.5 Å². The van der Waals surface area contributed by atoms with E-state index in [2.05, 4.69) is 20.9 Å². The second kappa shape index (κ2) is 5.30. The fraction of sp³-hybridized carbons (Fsp3) is 0.214. The number of halogens is 1. The monoisotopic (exact) mass is 336 g/mol. The van der Waals surface area contributed by atoms with Crippen LogP contribution in [0.4, 0.5) is 5.82 Å². The maximum absolute atomic E-state index is 10.4. The van der Waals surface area contributed by atoms with Crippen LogP contribution in [0.2, 0.25) is 0 Å². The van der Waals surface area contributed by atoms with Crippen LogP contribution in [0.1, 0.15) is 17.2 Å². The van der Waals surface area contributed by atoms with Gasteiger partial charge in [-0.05, 0) is 45.3 Å². The number of hydrogen-bond acceptors (Lipinski definition) is 5. The van der Waals surface area contributed by atoms with E-state index in [0.29, 0.717) is 23.7 Å². The maximum atomic E-state index is 10.4. The summed E-state index contributed by atoms with van der Waals surface area (Å²) in [6.07, 6.45) is 1.33. The zero-order chi connectivity index (χ0) is 14.1. The molecule has 2 aromatic rings. The molecule has 5 nitrogen and oxygen atoms in total. The van der Waals surface area contributed by atoms with Crippen LogP contribution in [0, 0.1) is 0 Å². The Kier molecular flexibility index (Phi) is 3.50. The summed E-state index contributed by atoms with van der Waals surface area (Å²) in [5.74, 6) is 1.74. The lowest BCUT2D eigenvalue weighted by Crippen LogP contribution is -2.05. The van der Waals surface area contributed by atoms with Crippen molar-refractivity contribution in [1.29, 1.82) is 0 Å². The summed E-state index contributed by atoms with van der Waals surface area (Å²) < 4.78 is 11.4. The van der Waals surface area contributed by atoms with Gasteiger partial charge in [0.15, 0.2) is 11.5 Å². The molecule has 0 saturated carbocycles. The van der Waals surface area contributed by atoms with Gasteiger partial charge in [0.2, 0.25) is 6.79 Å². The molecule has 0 fully saturated rings. The zero-order valence-corrected chi connectivity index (χ0v) is 12.1. The molecule has 0 spiro atoms. The smallest absolute Gasteiger partial charge is 0.231 e. The molecule has 3 rings (SSSR count). The lowest BCUT2D eigenvalue weighted by Gasteiger charge is -2.13. The number of nitrogens with zero attached hydrogens (tertiary/aromatic N) is 1. The van der Waals surface area contributed by atoms with Crippen molar-refractivity contribution in [3.05, 3.63) is 46.1 Å². The van der Waals surface area contributed by atoms with E-state index in [4.69, 9.17) is 15.2 Å². The lowest BCUT2D eigenvalue weighted by molar-refractivity contribution is 0.171. The highest BCUT2D eigenvalue weighted by Gasteiger charge is 2.21. The molecule has 1 aliphatic rings. The van der Waals surface area contributed by atoms with E-state index in [1.54, 1.807) is 18.3 Å². The van der Waals surface area contributed by atoms with E-state index in [0.717, 1.165) is 15.6 Å². The number of nitrogens with two attached hydrogens (primary N) is 1. The van der Waals surface area contributed by atoms with Crippen LogP contribution >= 0.6 is 15.9 Å². The Hall–Kier alpha value is -1.79. The van der Waals surface area contributed by atoms with E-state index in [9.17, 15) is 5.11 Å². The number of benzene rings is 1. The Morgan fingerprint density at radius 2 is 2.25 bits per heavy atom. The summed E-state index contributed by atoms with van der Waals surface area (Å²) >= 11 is 3.41. The number of hydrogen-bond donors (Lipinski definition) is 2. The highest BCUT2D eigenvalue weighted by molar-refractivity contribution is 9.10. The Morgan fingerprint density at radius 1 is 1.40 bits per heavy atom. The minimum atomic E-state index is -0.688. The first-order valence-corrected chi connectivity index (χ1v) is 6.91. The third-order valence-corrected chi connectivity index (χ3v) is 3.76. The molecule has 20 heavy (non-hydrogen) atoms. The highest BCUT2D eigenvalue weighted by atomic mass is 79.9. The summed E-state index contributed by atoms with van der Waals surface area (Å²) in [5.41, 5.74) is 7.34. The molecule has 1 aromatic carbocycles. The van der Waals surface area contributed by atoms with Gasteiger partial charge in [-0.25, -0.2) is 4.98 Å². The fourth-order valence-electron chi connectivity index (χ4n) is 2.13. The van der Waals surface area contributed by atoms with Gasteiger partial charge in [-0.2, -0.15) is 0 Å². The number of ether oxygens (including phenoxy) is 2. The Morgan fingerprint density at radius 3 is 3.05 bits per heavy atom. The molecule has 0 saturated heterocycles. The second-order valence-corrected chi connectivity index (χ2v) is 5.36. The first-order valence-electron chi connectivity index (χ1n) is 6.11. The van der Waals surface area contributed by atoms with Gasteiger partial charge >= 0.3 is 0 Å². The number of aliphatic hydroxyl groups is 1. The van der Waals surface area contributed by atoms with E-state index in [-0.39, 0.29) is 6.79 Å². The van der Waals surface area contributed by atoms with Crippen LogP contribution in [0.15, 0.2) is 34.9 Å². The second-order valence-electron chi connectivity index (χ2n) is 4.50. The molecular weight excluding hydrogens is 324 g/mol. The molecule has 2 heterocycles. The lowest BCUT2D eigenvalue weighted by atomic mass is 10.0. The molecule has 0 radical (unpaired) electrons. The largest absolute Gasteiger partial charge is 0.454 e. The molecule has 3 N–H and O–H groups in total. The minimum absolute atomic E-state index is 0.197. The van der Waals surface area contributed by atoms with Gasteiger partial charge in [-0.15, -0.1) is 0 Å². The van der Waals surface area contributed by atoms with E-state index < -0.39 is 6.10 Å². The molecule has 0 amide bonds. The number of anilines is 1. The standard InChI is InChI=1S/C14H13BrN2O3/c15-10-4-9(6-12-13(10)20-7-19-12)11(18)5-8-2-1-3-17-14(8)16/h1-4,6,11,18H,5,7H2,(H2,16,17). The average molecular weight is 337 g/mol. The van der Waals surface area contributed by atoms with Gasteiger partial charge in [0.1, 0.15) is 5.82 Å². The molecule has 1 aromatic heterocycles. The van der Waals surface area contributed by atoms with Crippen molar-refractivity contribution in [2.24, 2.45) is 0 Å². The molecule has 104 valence electrons. The van der Waals surface area contributed by atoms with Gasteiger partial charge in [0.05, 0.1) is 10.6 Å². The molecular formula is C14H13BrN2O3. The average Bonchev–Trinajstić information content (AvgIpc) is 2.90. The van der Waals surface area contributed by atoms with E-state index in [1.165, 1.54) is 0 Å². The molecule has 0 aliphatic carbocycles. The SMILES string of the molecule is Nc1ncccc1CC(O)c1cc(Br)c2c(c1)OCO2. The quantitative estimate of drug-likeness (QED) is 0.900. The van der Waals surface area contributed by atoms with E-state index in [1.807, 2.05) is 12.1 Å². The topological polar surface area (TPSA) is 77.6 Å². The van der Waals surface area contributed by atoms with Gasteiger partial charge < -0.3 is 20.3 Å². The van der Waals surface area contributed by atoms with Crippen LogP contribution in [0.25, 0.3) is 0 Å². The molecule has 6 heteroatoms. The summed E-state index contributed by atoms with van der Waals surface area (Å²) in [5, 5.41) is 10.4. The molecule has 1 aliphatic heterocycles.